The van der Waals surface area contributed by atoms with Crippen LogP contribution in [0, 0.1) is 11.6 Å². The fraction of sp³-hybridized carbons (Fsp3) is 0.500. The highest BCUT2D eigenvalue weighted by molar-refractivity contribution is 7.89. The van der Waals surface area contributed by atoms with E-state index < -0.39 is 32.2 Å². The van der Waals surface area contributed by atoms with E-state index in [2.05, 4.69) is 4.72 Å². The van der Waals surface area contributed by atoms with E-state index in [9.17, 15) is 22.3 Å². The second-order valence-electron chi connectivity index (χ2n) is 5.07. The molecule has 0 radical (unpaired) electrons. The molecule has 0 heterocycles. The number of halogens is 2. The number of nitrogens with two attached hydrogens (primary N) is 1. The van der Waals surface area contributed by atoms with Gasteiger partial charge in [0.05, 0.1) is 5.60 Å². The summed E-state index contributed by atoms with van der Waals surface area (Å²) in [7, 11) is -4.27. The van der Waals surface area contributed by atoms with Gasteiger partial charge < -0.3 is 10.8 Å². The predicted molar refractivity (Wildman–Crippen MR) is 69.4 cm³/mol. The number of nitrogen functional groups attached to an aromatic ring is 1. The van der Waals surface area contributed by atoms with Crippen LogP contribution >= 0.6 is 0 Å². The van der Waals surface area contributed by atoms with Crippen LogP contribution in [-0.2, 0) is 10.0 Å². The van der Waals surface area contributed by atoms with Gasteiger partial charge in [0.15, 0.2) is 11.6 Å². The van der Waals surface area contributed by atoms with Gasteiger partial charge in [-0.3, -0.25) is 0 Å². The van der Waals surface area contributed by atoms with Crippen molar-refractivity contribution in [2.24, 2.45) is 0 Å². The lowest BCUT2D eigenvalue weighted by molar-refractivity contribution is 0.0531. The summed E-state index contributed by atoms with van der Waals surface area (Å²) in [4.78, 5) is -0.850. The Morgan fingerprint density at radius 2 is 1.90 bits per heavy atom. The number of hydrogen-bond acceptors (Lipinski definition) is 4. The topological polar surface area (TPSA) is 92.4 Å². The molecular formula is C12H16F2N2O3S. The van der Waals surface area contributed by atoms with Gasteiger partial charge in [-0.25, -0.2) is 21.9 Å². The number of hydrogen-bond donors (Lipinski definition) is 3. The van der Waals surface area contributed by atoms with Gasteiger partial charge in [-0.15, -0.1) is 0 Å². The Labute approximate surface area is 115 Å². The Morgan fingerprint density at radius 3 is 2.50 bits per heavy atom. The molecule has 1 aliphatic carbocycles. The molecule has 1 aromatic rings. The molecule has 0 bridgehead atoms. The third-order valence-corrected chi connectivity index (χ3v) is 4.83. The maximum Gasteiger partial charge on any atom is 0.243 e. The van der Waals surface area contributed by atoms with Crippen molar-refractivity contribution >= 4 is 15.7 Å². The van der Waals surface area contributed by atoms with Crippen molar-refractivity contribution in [1.82, 2.24) is 4.72 Å². The van der Waals surface area contributed by atoms with Gasteiger partial charge >= 0.3 is 0 Å². The Hall–Kier alpha value is -1.25. The first-order valence-electron chi connectivity index (χ1n) is 6.20. The van der Waals surface area contributed by atoms with E-state index >= 15 is 0 Å². The molecule has 112 valence electrons. The number of aliphatic hydroxyl groups is 1. The molecule has 1 saturated carbocycles. The lowest BCUT2D eigenvalue weighted by Gasteiger charge is -2.22. The third-order valence-electron chi connectivity index (χ3n) is 3.43. The Bertz CT molecular complexity index is 613. The van der Waals surface area contributed by atoms with Crippen molar-refractivity contribution in [3.05, 3.63) is 23.8 Å². The van der Waals surface area contributed by atoms with E-state index in [1.165, 1.54) is 0 Å². The van der Waals surface area contributed by atoms with Crippen LogP contribution in [0.3, 0.4) is 0 Å². The Balaban J connectivity index is 2.22. The SMILES string of the molecule is Nc1cc(F)c(F)c(S(=O)(=O)NCC2(O)CCCC2)c1. The van der Waals surface area contributed by atoms with Crippen LogP contribution < -0.4 is 10.5 Å². The first kappa shape index (κ1) is 15.1. The van der Waals surface area contributed by atoms with Crippen molar-refractivity contribution < 1.29 is 22.3 Å². The average Bonchev–Trinajstić information content (AvgIpc) is 2.79. The molecule has 0 atom stereocenters. The second-order valence-corrected chi connectivity index (χ2v) is 6.81. The van der Waals surface area contributed by atoms with E-state index in [0.717, 1.165) is 18.9 Å². The number of rotatable bonds is 4. The maximum absolute atomic E-state index is 13.6. The minimum Gasteiger partial charge on any atom is -0.399 e. The van der Waals surface area contributed by atoms with Crippen LogP contribution in [0.5, 0.6) is 0 Å². The summed E-state index contributed by atoms with van der Waals surface area (Å²) in [6.45, 7) is -0.231. The zero-order chi connectivity index (χ0) is 15.0. The fourth-order valence-electron chi connectivity index (χ4n) is 2.30. The Morgan fingerprint density at radius 1 is 1.30 bits per heavy atom. The van der Waals surface area contributed by atoms with Gasteiger partial charge in [-0.2, -0.15) is 0 Å². The van der Waals surface area contributed by atoms with E-state index in [1.807, 2.05) is 0 Å². The van der Waals surface area contributed by atoms with Crippen molar-refractivity contribution in [2.45, 2.75) is 36.2 Å². The quantitative estimate of drug-likeness (QED) is 0.727. The maximum atomic E-state index is 13.6. The molecule has 1 aliphatic rings. The van der Waals surface area contributed by atoms with E-state index in [0.29, 0.717) is 18.9 Å². The first-order chi connectivity index (χ1) is 9.23. The van der Waals surface area contributed by atoms with Gasteiger partial charge in [0, 0.05) is 12.2 Å². The highest BCUT2D eigenvalue weighted by Gasteiger charge is 2.33. The summed E-state index contributed by atoms with van der Waals surface area (Å²) in [5.41, 5.74) is 4.01. The highest BCUT2D eigenvalue weighted by Crippen LogP contribution is 2.29. The minimum absolute atomic E-state index is 0.191. The average molecular weight is 306 g/mol. The lowest BCUT2D eigenvalue weighted by Crippen LogP contribution is -2.41. The normalized spacial score (nSPS) is 18.4. The Kier molecular flexibility index (Phi) is 3.99. The van der Waals surface area contributed by atoms with E-state index in [-0.39, 0.29) is 12.2 Å². The summed E-state index contributed by atoms with van der Waals surface area (Å²) in [6.07, 6.45) is 2.56. The van der Waals surface area contributed by atoms with Gasteiger partial charge in [-0.1, -0.05) is 12.8 Å². The van der Waals surface area contributed by atoms with Crippen LogP contribution in [0.15, 0.2) is 17.0 Å². The van der Waals surface area contributed by atoms with Crippen molar-refractivity contribution in [3.63, 3.8) is 0 Å². The molecule has 8 heteroatoms. The molecule has 0 spiro atoms. The molecular weight excluding hydrogens is 290 g/mol. The predicted octanol–water partition coefficient (Wildman–Crippen LogP) is 1.13. The molecule has 0 saturated heterocycles. The molecule has 0 unspecified atom stereocenters. The molecule has 0 aliphatic heterocycles. The molecule has 0 amide bonds. The van der Waals surface area contributed by atoms with Crippen LogP contribution in [0.4, 0.5) is 14.5 Å². The third kappa shape index (κ3) is 3.08. The molecule has 1 fully saturated rings. The molecule has 4 N–H and O–H groups in total. The van der Waals surface area contributed by atoms with Gasteiger partial charge in [0.1, 0.15) is 4.90 Å². The number of sulfonamides is 1. The van der Waals surface area contributed by atoms with Crippen molar-refractivity contribution in [3.8, 4) is 0 Å². The largest absolute Gasteiger partial charge is 0.399 e. The monoisotopic (exact) mass is 306 g/mol. The number of benzene rings is 1. The van der Waals surface area contributed by atoms with Gasteiger partial charge in [0.25, 0.3) is 0 Å². The zero-order valence-electron chi connectivity index (χ0n) is 10.7. The molecule has 0 aromatic heterocycles. The molecule has 1 aromatic carbocycles. The fourth-order valence-corrected chi connectivity index (χ4v) is 3.54. The summed E-state index contributed by atoms with van der Waals surface area (Å²) in [5, 5.41) is 10.1. The first-order valence-corrected chi connectivity index (χ1v) is 7.68. The molecule has 2 rings (SSSR count). The lowest BCUT2D eigenvalue weighted by atomic mass is 10.0. The van der Waals surface area contributed by atoms with Crippen LogP contribution in [-0.4, -0.2) is 25.7 Å². The molecule has 20 heavy (non-hydrogen) atoms. The van der Waals surface area contributed by atoms with E-state index in [1.54, 1.807) is 0 Å². The summed E-state index contributed by atoms with van der Waals surface area (Å²) < 4.78 is 52.8. The van der Waals surface area contributed by atoms with Crippen LogP contribution in [0.25, 0.3) is 0 Å². The van der Waals surface area contributed by atoms with Crippen LogP contribution in [0.1, 0.15) is 25.7 Å². The zero-order valence-corrected chi connectivity index (χ0v) is 11.5. The standard InChI is InChI=1S/C12H16F2N2O3S/c13-9-5-8(15)6-10(11(9)14)20(18,19)16-7-12(17)3-1-2-4-12/h5-6,16-17H,1-4,7,15H2. The minimum atomic E-state index is -4.27. The highest BCUT2D eigenvalue weighted by atomic mass is 32.2. The van der Waals surface area contributed by atoms with Gasteiger partial charge in [0.2, 0.25) is 10.0 Å². The van der Waals surface area contributed by atoms with E-state index in [4.69, 9.17) is 5.73 Å². The smallest absolute Gasteiger partial charge is 0.243 e. The second kappa shape index (κ2) is 5.27. The summed E-state index contributed by atoms with van der Waals surface area (Å²) in [6, 6.07) is 1.55. The van der Waals surface area contributed by atoms with Crippen molar-refractivity contribution in [1.29, 1.82) is 0 Å². The van der Waals surface area contributed by atoms with Crippen LogP contribution in [0.2, 0.25) is 0 Å². The number of nitrogens with one attached hydrogen (secondary N) is 1. The molecule has 5 nitrogen and oxygen atoms in total. The van der Waals surface area contributed by atoms with Gasteiger partial charge in [-0.05, 0) is 25.0 Å². The van der Waals surface area contributed by atoms with Crippen molar-refractivity contribution in [2.75, 3.05) is 12.3 Å². The number of anilines is 1. The summed E-state index contributed by atoms with van der Waals surface area (Å²) >= 11 is 0. The summed E-state index contributed by atoms with van der Waals surface area (Å²) in [5.74, 6) is -2.81.